The minimum Gasteiger partial charge on any atom is -0.356 e. The summed E-state index contributed by atoms with van der Waals surface area (Å²) < 4.78 is 22.8. The molecule has 0 radical (unpaired) electrons. The third kappa shape index (κ3) is 3.96. The van der Waals surface area contributed by atoms with Crippen LogP contribution in [-0.2, 0) is 14.6 Å². The van der Waals surface area contributed by atoms with Crippen LogP contribution in [-0.4, -0.2) is 45.0 Å². The summed E-state index contributed by atoms with van der Waals surface area (Å²) in [6.07, 6.45) is 3.95. The lowest BCUT2D eigenvalue weighted by Crippen LogP contribution is -2.47. The number of hydrogen-bond donors (Lipinski definition) is 2. The molecule has 5 nitrogen and oxygen atoms in total. The Kier molecular flexibility index (Phi) is 4.04. The summed E-state index contributed by atoms with van der Waals surface area (Å²) in [6, 6.07) is -0.213. The first-order chi connectivity index (χ1) is 8.05. The monoisotopic (exact) mass is 260 g/mol. The van der Waals surface area contributed by atoms with Crippen LogP contribution in [0.15, 0.2) is 0 Å². The van der Waals surface area contributed by atoms with Crippen LogP contribution in [0.4, 0.5) is 0 Å². The van der Waals surface area contributed by atoms with E-state index in [-0.39, 0.29) is 29.9 Å². The lowest BCUT2D eigenvalue weighted by atomic mass is 9.85. The van der Waals surface area contributed by atoms with Crippen LogP contribution >= 0.6 is 0 Å². The van der Waals surface area contributed by atoms with Crippen molar-refractivity contribution in [3.05, 3.63) is 0 Å². The molecule has 0 aromatic rings. The zero-order chi connectivity index (χ0) is 12.3. The van der Waals surface area contributed by atoms with Gasteiger partial charge in [-0.05, 0) is 18.8 Å². The van der Waals surface area contributed by atoms with Crippen molar-refractivity contribution in [1.29, 1.82) is 0 Å². The molecule has 2 N–H and O–H groups in total. The lowest BCUT2D eigenvalue weighted by molar-refractivity contribution is -0.121. The van der Waals surface area contributed by atoms with E-state index in [1.807, 2.05) is 0 Å². The highest BCUT2D eigenvalue weighted by molar-refractivity contribution is 7.91. The van der Waals surface area contributed by atoms with Crippen molar-refractivity contribution in [2.45, 2.75) is 31.7 Å². The zero-order valence-corrected chi connectivity index (χ0v) is 10.8. The van der Waals surface area contributed by atoms with Crippen LogP contribution in [0.5, 0.6) is 0 Å². The molecule has 2 fully saturated rings. The molecule has 1 heterocycles. The Morgan fingerprint density at radius 1 is 1.35 bits per heavy atom. The molecular formula is C11H20N2O3S. The summed E-state index contributed by atoms with van der Waals surface area (Å²) >= 11 is 0. The zero-order valence-electron chi connectivity index (χ0n) is 9.94. The highest BCUT2D eigenvalue weighted by Crippen LogP contribution is 2.25. The third-order valence-electron chi connectivity index (χ3n) is 3.55. The fourth-order valence-corrected chi connectivity index (χ4v) is 3.69. The van der Waals surface area contributed by atoms with Gasteiger partial charge in [0.25, 0.3) is 0 Å². The van der Waals surface area contributed by atoms with E-state index in [1.165, 1.54) is 19.3 Å². The number of nitrogens with one attached hydrogen (secondary N) is 2. The van der Waals surface area contributed by atoms with Gasteiger partial charge in [0.1, 0.15) is 0 Å². The molecule has 17 heavy (non-hydrogen) atoms. The highest BCUT2D eigenvalue weighted by Gasteiger charge is 2.26. The maximum absolute atomic E-state index is 11.6. The average Bonchev–Trinajstić information content (AvgIpc) is 2.13. The van der Waals surface area contributed by atoms with Crippen LogP contribution in [0.3, 0.4) is 0 Å². The molecule has 1 saturated carbocycles. The summed E-state index contributed by atoms with van der Waals surface area (Å²) in [4.78, 5) is 11.6. The Balaban J connectivity index is 1.70. The van der Waals surface area contributed by atoms with Crippen LogP contribution in [0.1, 0.15) is 25.7 Å². The molecular weight excluding hydrogens is 240 g/mol. The van der Waals surface area contributed by atoms with Crippen molar-refractivity contribution in [3.63, 3.8) is 0 Å². The fraction of sp³-hybridized carbons (Fsp3) is 0.909. The van der Waals surface area contributed by atoms with Gasteiger partial charge in [-0.25, -0.2) is 8.42 Å². The number of hydrogen-bond acceptors (Lipinski definition) is 4. The Bertz CT molecular complexity index is 376. The summed E-state index contributed by atoms with van der Waals surface area (Å²) in [5.41, 5.74) is 0. The van der Waals surface area contributed by atoms with Crippen molar-refractivity contribution in [2.24, 2.45) is 5.92 Å². The van der Waals surface area contributed by atoms with Gasteiger partial charge in [-0.15, -0.1) is 0 Å². The Morgan fingerprint density at radius 2 is 2.12 bits per heavy atom. The normalized spacial score (nSPS) is 28.4. The van der Waals surface area contributed by atoms with Crippen molar-refractivity contribution < 1.29 is 13.2 Å². The Morgan fingerprint density at radius 3 is 2.71 bits per heavy atom. The SMILES string of the molecule is O=C(CC1CS(=O)(=O)CCN1)NCC1CCC1. The Labute approximate surface area is 102 Å². The minimum atomic E-state index is -2.94. The quantitative estimate of drug-likeness (QED) is 0.726. The van der Waals surface area contributed by atoms with E-state index < -0.39 is 9.84 Å². The molecule has 1 aliphatic heterocycles. The summed E-state index contributed by atoms with van der Waals surface area (Å²) in [7, 11) is -2.94. The number of carbonyl (C=O) groups is 1. The predicted molar refractivity (Wildman–Crippen MR) is 65.4 cm³/mol. The number of carbonyl (C=O) groups excluding carboxylic acids is 1. The Hall–Kier alpha value is -0.620. The second-order valence-electron chi connectivity index (χ2n) is 5.07. The predicted octanol–water partition coefficient (Wildman–Crippen LogP) is -0.321. The number of rotatable bonds is 4. The molecule has 1 amide bonds. The average molecular weight is 260 g/mol. The van der Waals surface area contributed by atoms with Gasteiger partial charge in [0.15, 0.2) is 9.84 Å². The van der Waals surface area contributed by atoms with E-state index in [9.17, 15) is 13.2 Å². The third-order valence-corrected chi connectivity index (χ3v) is 5.28. The van der Waals surface area contributed by atoms with Crippen molar-refractivity contribution in [2.75, 3.05) is 24.6 Å². The van der Waals surface area contributed by atoms with Gasteiger partial charge in [0.2, 0.25) is 5.91 Å². The van der Waals surface area contributed by atoms with E-state index in [0.717, 1.165) is 6.54 Å². The van der Waals surface area contributed by atoms with E-state index in [2.05, 4.69) is 10.6 Å². The molecule has 2 rings (SSSR count). The van der Waals surface area contributed by atoms with Gasteiger partial charge < -0.3 is 10.6 Å². The second kappa shape index (κ2) is 5.35. The van der Waals surface area contributed by atoms with Crippen molar-refractivity contribution >= 4 is 15.7 Å². The minimum absolute atomic E-state index is 0.0356. The highest BCUT2D eigenvalue weighted by atomic mass is 32.2. The molecule has 1 aliphatic carbocycles. The van der Waals surface area contributed by atoms with Crippen molar-refractivity contribution in [3.8, 4) is 0 Å². The van der Waals surface area contributed by atoms with Crippen LogP contribution in [0, 0.1) is 5.92 Å². The van der Waals surface area contributed by atoms with Gasteiger partial charge in [-0.3, -0.25) is 4.79 Å². The van der Waals surface area contributed by atoms with Crippen LogP contribution in [0.2, 0.25) is 0 Å². The van der Waals surface area contributed by atoms with E-state index in [0.29, 0.717) is 12.5 Å². The van der Waals surface area contributed by atoms with E-state index in [4.69, 9.17) is 0 Å². The van der Waals surface area contributed by atoms with Crippen molar-refractivity contribution in [1.82, 2.24) is 10.6 Å². The molecule has 1 unspecified atom stereocenters. The van der Waals surface area contributed by atoms with Gasteiger partial charge in [-0.1, -0.05) is 6.42 Å². The van der Waals surface area contributed by atoms with Gasteiger partial charge >= 0.3 is 0 Å². The molecule has 0 aromatic heterocycles. The number of amides is 1. The smallest absolute Gasteiger partial charge is 0.221 e. The summed E-state index contributed by atoms with van der Waals surface area (Å²) in [6.45, 7) is 1.21. The molecule has 2 aliphatic rings. The first-order valence-electron chi connectivity index (χ1n) is 6.26. The summed E-state index contributed by atoms with van der Waals surface area (Å²) in [5.74, 6) is 0.880. The number of sulfone groups is 1. The first-order valence-corrected chi connectivity index (χ1v) is 8.08. The largest absolute Gasteiger partial charge is 0.356 e. The van der Waals surface area contributed by atoms with Gasteiger partial charge in [0, 0.05) is 25.6 Å². The standard InChI is InChI=1S/C11H20N2O3S/c14-11(13-7-9-2-1-3-9)6-10-8-17(15,16)5-4-12-10/h9-10,12H,1-8H2,(H,13,14). The summed E-state index contributed by atoms with van der Waals surface area (Å²) in [5, 5.41) is 5.97. The second-order valence-corrected chi connectivity index (χ2v) is 7.30. The molecule has 0 spiro atoms. The van der Waals surface area contributed by atoms with Gasteiger partial charge in [0.05, 0.1) is 11.5 Å². The topological polar surface area (TPSA) is 75.3 Å². The maximum Gasteiger partial charge on any atom is 0.221 e. The molecule has 98 valence electrons. The maximum atomic E-state index is 11.6. The van der Waals surface area contributed by atoms with Crippen LogP contribution in [0.25, 0.3) is 0 Å². The van der Waals surface area contributed by atoms with E-state index in [1.54, 1.807) is 0 Å². The molecule has 1 saturated heterocycles. The molecule has 1 atom stereocenters. The molecule has 0 aromatic carbocycles. The molecule has 0 bridgehead atoms. The first kappa shape index (κ1) is 12.8. The lowest BCUT2D eigenvalue weighted by Gasteiger charge is -2.26. The fourth-order valence-electron chi connectivity index (χ4n) is 2.25. The van der Waals surface area contributed by atoms with Gasteiger partial charge in [-0.2, -0.15) is 0 Å². The van der Waals surface area contributed by atoms with E-state index >= 15 is 0 Å². The molecule has 6 heteroatoms. The van der Waals surface area contributed by atoms with Crippen LogP contribution < -0.4 is 10.6 Å².